The normalized spacial score (nSPS) is 11.9. The molecule has 214 valence electrons. The van der Waals surface area contributed by atoms with Crippen LogP contribution in [0.2, 0.25) is 0 Å². The fourth-order valence-electron chi connectivity index (χ4n) is 7.26. The Bertz CT molecular complexity index is 2790. The van der Waals surface area contributed by atoms with Gasteiger partial charge in [0.2, 0.25) is 0 Å². The summed E-state index contributed by atoms with van der Waals surface area (Å²) in [4.78, 5) is 10.3. The Morgan fingerprint density at radius 2 is 1.13 bits per heavy atom. The highest BCUT2D eigenvalue weighted by Gasteiger charge is 2.25. The lowest BCUT2D eigenvalue weighted by Crippen LogP contribution is -2.03. The van der Waals surface area contributed by atoms with E-state index in [0.29, 0.717) is 5.82 Å². The minimum Gasteiger partial charge on any atom is -0.304 e. The van der Waals surface area contributed by atoms with Gasteiger partial charge in [-0.1, -0.05) is 133 Å². The highest BCUT2D eigenvalue weighted by molar-refractivity contribution is 7.27. The van der Waals surface area contributed by atoms with Gasteiger partial charge in [-0.15, -0.1) is 11.3 Å². The Morgan fingerprint density at radius 3 is 1.91 bits per heavy atom. The number of nitrogens with zero attached hydrogens (tertiary/aromatic N) is 3. The van der Waals surface area contributed by atoms with Gasteiger partial charge in [0.15, 0.2) is 5.82 Å². The molecule has 46 heavy (non-hydrogen) atoms. The molecule has 0 amide bonds. The maximum absolute atomic E-state index is 5.30. The molecular formula is C42H25N3S. The van der Waals surface area contributed by atoms with Crippen molar-refractivity contribution in [3.63, 3.8) is 0 Å². The van der Waals surface area contributed by atoms with Crippen LogP contribution >= 0.6 is 11.3 Å². The Kier molecular flexibility index (Phi) is 5.45. The Balaban J connectivity index is 1.47. The molecule has 7 aromatic carbocycles. The van der Waals surface area contributed by atoms with Gasteiger partial charge in [0.1, 0.15) is 0 Å². The van der Waals surface area contributed by atoms with Gasteiger partial charge in [0, 0.05) is 37.4 Å². The van der Waals surface area contributed by atoms with Crippen LogP contribution in [0.5, 0.6) is 0 Å². The van der Waals surface area contributed by atoms with Crippen molar-refractivity contribution in [2.24, 2.45) is 0 Å². The zero-order valence-corrected chi connectivity index (χ0v) is 25.5. The maximum atomic E-state index is 5.30. The molecule has 0 atom stereocenters. The third-order valence-electron chi connectivity index (χ3n) is 9.22. The molecule has 0 radical (unpaired) electrons. The molecule has 10 aromatic rings. The summed E-state index contributed by atoms with van der Waals surface area (Å²) in [5.74, 6) is 0.715. The second-order valence-electron chi connectivity index (χ2n) is 11.7. The first kappa shape index (κ1) is 25.5. The highest BCUT2D eigenvalue weighted by Crippen LogP contribution is 2.49. The van der Waals surface area contributed by atoms with E-state index in [2.05, 4.69) is 132 Å². The molecule has 3 aromatic heterocycles. The molecule has 3 heterocycles. The van der Waals surface area contributed by atoms with E-state index in [1.807, 2.05) is 35.7 Å². The third-order valence-corrected chi connectivity index (χ3v) is 10.4. The lowest BCUT2D eigenvalue weighted by molar-refractivity contribution is 1.09. The molecule has 0 N–H and O–H groups in total. The van der Waals surface area contributed by atoms with Crippen molar-refractivity contribution in [3.8, 4) is 28.3 Å². The molecule has 3 nitrogen and oxygen atoms in total. The lowest BCUT2D eigenvalue weighted by atomic mass is 9.97. The van der Waals surface area contributed by atoms with Crippen molar-refractivity contribution in [2.45, 2.75) is 0 Å². The number of fused-ring (bicyclic) bond motifs is 12. The van der Waals surface area contributed by atoms with E-state index < -0.39 is 0 Å². The topological polar surface area (TPSA) is 30.7 Å². The van der Waals surface area contributed by atoms with E-state index in [0.717, 1.165) is 28.0 Å². The molecule has 0 spiro atoms. The first-order valence-electron chi connectivity index (χ1n) is 15.5. The number of benzene rings is 7. The number of hydrogen-bond acceptors (Lipinski definition) is 3. The molecule has 0 saturated heterocycles. The molecule has 10 rings (SSSR count). The van der Waals surface area contributed by atoms with E-state index in [1.165, 1.54) is 58.0 Å². The summed E-state index contributed by atoms with van der Waals surface area (Å²) in [6.07, 6.45) is 2.03. The van der Waals surface area contributed by atoms with Gasteiger partial charge in [0.25, 0.3) is 0 Å². The Morgan fingerprint density at radius 1 is 0.500 bits per heavy atom. The van der Waals surface area contributed by atoms with Gasteiger partial charge >= 0.3 is 0 Å². The summed E-state index contributed by atoms with van der Waals surface area (Å²) in [7, 11) is 0. The third kappa shape index (κ3) is 3.59. The van der Waals surface area contributed by atoms with Crippen LogP contribution in [-0.4, -0.2) is 14.5 Å². The monoisotopic (exact) mass is 603 g/mol. The SMILES string of the molecule is c1ccc(-c2ncc(-n3c4ccc5ccccc5c4c4c5ccccc5c5c6ccccc6sc5c43)c(-c3ccccc3)n2)cc1. The fourth-order valence-corrected chi connectivity index (χ4v) is 8.52. The molecular weight excluding hydrogens is 579 g/mol. The lowest BCUT2D eigenvalue weighted by Gasteiger charge is -2.15. The van der Waals surface area contributed by atoms with Gasteiger partial charge in [-0.05, 0) is 33.7 Å². The van der Waals surface area contributed by atoms with Crippen LogP contribution in [0, 0.1) is 0 Å². The average Bonchev–Trinajstić information content (AvgIpc) is 3.69. The minimum absolute atomic E-state index is 0.715. The standard InChI is InChI=1S/C42H25N3S/c1-3-14-27(15-4-1)39-34(25-43-42(44-39)28-16-5-2-6-17-28)45-33-24-23-26-13-7-8-18-29(26)37(33)38-31-20-10-9-19-30(31)36-32-21-11-12-22-35(32)46-41(36)40(38)45/h1-25H. The molecule has 0 bridgehead atoms. The maximum Gasteiger partial charge on any atom is 0.159 e. The van der Waals surface area contributed by atoms with Crippen molar-refractivity contribution < 1.29 is 0 Å². The minimum atomic E-state index is 0.715. The molecule has 0 saturated carbocycles. The zero-order valence-electron chi connectivity index (χ0n) is 24.7. The molecule has 0 aliphatic rings. The van der Waals surface area contributed by atoms with Crippen molar-refractivity contribution in [3.05, 3.63) is 152 Å². The number of thiophene rings is 1. The van der Waals surface area contributed by atoms with Crippen LogP contribution in [0.25, 0.3) is 91.9 Å². The Labute approximate surface area is 268 Å². The first-order chi connectivity index (χ1) is 22.8. The van der Waals surface area contributed by atoms with E-state index in [-0.39, 0.29) is 0 Å². The summed E-state index contributed by atoms with van der Waals surface area (Å²) in [5.41, 5.74) is 6.28. The van der Waals surface area contributed by atoms with Crippen LogP contribution in [0.4, 0.5) is 0 Å². The molecule has 0 aliphatic carbocycles. The first-order valence-corrected chi connectivity index (χ1v) is 16.3. The van der Waals surface area contributed by atoms with Crippen molar-refractivity contribution in [1.29, 1.82) is 0 Å². The highest BCUT2D eigenvalue weighted by atomic mass is 32.1. The summed E-state index contributed by atoms with van der Waals surface area (Å²) in [6, 6.07) is 51.8. The summed E-state index contributed by atoms with van der Waals surface area (Å²) >= 11 is 1.88. The van der Waals surface area contributed by atoms with Crippen LogP contribution < -0.4 is 0 Å². The molecule has 0 unspecified atom stereocenters. The van der Waals surface area contributed by atoms with Crippen LogP contribution in [-0.2, 0) is 0 Å². The van der Waals surface area contributed by atoms with Gasteiger partial charge in [-0.2, -0.15) is 0 Å². The summed E-state index contributed by atoms with van der Waals surface area (Å²) < 4.78 is 5.01. The molecule has 4 heteroatoms. The number of aromatic nitrogens is 3. The van der Waals surface area contributed by atoms with E-state index in [9.17, 15) is 0 Å². The van der Waals surface area contributed by atoms with Crippen LogP contribution in [0.15, 0.2) is 152 Å². The second-order valence-corrected chi connectivity index (χ2v) is 12.8. The number of rotatable bonds is 3. The predicted molar refractivity (Wildman–Crippen MR) is 195 cm³/mol. The zero-order chi connectivity index (χ0) is 30.2. The largest absolute Gasteiger partial charge is 0.304 e. The predicted octanol–water partition coefficient (Wildman–Crippen LogP) is 11.6. The second kappa shape index (κ2) is 9.83. The van der Waals surface area contributed by atoms with Crippen molar-refractivity contribution >= 4 is 74.9 Å². The quantitative estimate of drug-likeness (QED) is 0.201. The van der Waals surface area contributed by atoms with Crippen LogP contribution in [0.3, 0.4) is 0 Å². The van der Waals surface area contributed by atoms with Gasteiger partial charge in [0.05, 0.1) is 33.3 Å². The van der Waals surface area contributed by atoms with E-state index in [1.54, 1.807) is 0 Å². The van der Waals surface area contributed by atoms with Gasteiger partial charge < -0.3 is 4.57 Å². The summed E-state index contributed by atoms with van der Waals surface area (Å²) in [6.45, 7) is 0. The van der Waals surface area contributed by atoms with Crippen molar-refractivity contribution in [1.82, 2.24) is 14.5 Å². The molecule has 0 fully saturated rings. The molecule has 0 aliphatic heterocycles. The van der Waals surface area contributed by atoms with Crippen molar-refractivity contribution in [2.75, 3.05) is 0 Å². The van der Waals surface area contributed by atoms with E-state index >= 15 is 0 Å². The Hall–Kier alpha value is -5.84. The van der Waals surface area contributed by atoms with Gasteiger partial charge in [-0.25, -0.2) is 9.97 Å². The van der Waals surface area contributed by atoms with Crippen LogP contribution in [0.1, 0.15) is 0 Å². The van der Waals surface area contributed by atoms with Gasteiger partial charge in [-0.3, -0.25) is 0 Å². The summed E-state index contributed by atoms with van der Waals surface area (Å²) in [5, 5.41) is 10.2. The smallest absolute Gasteiger partial charge is 0.159 e. The number of hydrogen-bond donors (Lipinski definition) is 0. The van der Waals surface area contributed by atoms with E-state index in [4.69, 9.17) is 9.97 Å². The fraction of sp³-hybridized carbons (Fsp3) is 0. The average molecular weight is 604 g/mol.